The van der Waals surface area contributed by atoms with E-state index in [1.165, 1.54) is 67.6 Å². The summed E-state index contributed by atoms with van der Waals surface area (Å²) < 4.78 is 36.4. The van der Waals surface area contributed by atoms with Gasteiger partial charge < -0.3 is 4.90 Å². The third kappa shape index (κ3) is 7.78. The van der Waals surface area contributed by atoms with Crippen LogP contribution >= 0.6 is 0 Å². The van der Waals surface area contributed by atoms with E-state index in [1.807, 2.05) is 0 Å². The molecule has 7 heteroatoms. The molecule has 1 aliphatic carbocycles. The summed E-state index contributed by atoms with van der Waals surface area (Å²) in [5.41, 5.74) is 15.4. The zero-order chi connectivity index (χ0) is 38.8. The lowest BCUT2D eigenvalue weighted by atomic mass is 9.79. The molecule has 0 unspecified atom stereocenters. The van der Waals surface area contributed by atoms with Gasteiger partial charge in [0.1, 0.15) is 0 Å². The van der Waals surface area contributed by atoms with Crippen LogP contribution in [0.15, 0.2) is 181 Å². The molecule has 3 aliphatic rings. The Kier molecular flexibility index (Phi) is 10.6. The van der Waals surface area contributed by atoms with Gasteiger partial charge in [0.15, 0.2) is 5.71 Å². The molecule has 8 rings (SSSR count). The lowest BCUT2D eigenvalue weighted by Crippen LogP contribution is -2.68. The number of allylic oxidation sites excluding steroid dienone is 8. The summed E-state index contributed by atoms with van der Waals surface area (Å²) in [4.78, 5) is 2.45. The van der Waals surface area contributed by atoms with Crippen LogP contribution in [0.25, 0.3) is 5.57 Å². The minimum atomic E-state index is -4.94. The van der Waals surface area contributed by atoms with Crippen molar-refractivity contribution in [3.63, 3.8) is 0 Å². The first-order valence-electron chi connectivity index (χ1n) is 18.6. The van der Waals surface area contributed by atoms with Crippen LogP contribution in [0.1, 0.15) is 63.6 Å². The minimum absolute atomic E-state index is 0.141. The molecule has 55 heavy (non-hydrogen) atoms. The van der Waals surface area contributed by atoms with Crippen molar-refractivity contribution >= 4 is 34.0 Å². The Balaban J connectivity index is 0.000000875. The maximum atomic E-state index is 8.49. The van der Waals surface area contributed by atoms with Crippen LogP contribution in [-0.4, -0.2) is 5.71 Å². The highest BCUT2D eigenvalue weighted by Crippen LogP contribution is 2.51. The number of benzene rings is 5. The maximum absolute atomic E-state index is 8.49. The lowest BCUT2D eigenvalue weighted by molar-refractivity contribution is -2.00. The Morgan fingerprint density at radius 2 is 1.16 bits per heavy atom. The molecule has 278 valence electrons. The first-order chi connectivity index (χ1) is 26.4. The first kappa shape index (κ1) is 38.0. The lowest BCUT2D eigenvalue weighted by Gasteiger charge is -2.27. The fourth-order valence-corrected chi connectivity index (χ4v) is 8.36. The van der Waals surface area contributed by atoms with Gasteiger partial charge in [-0.2, -0.15) is 4.58 Å². The predicted octanol–water partition coefficient (Wildman–Crippen LogP) is 7.63. The number of hydrogen-bond acceptors (Lipinski definition) is 5. The second kappa shape index (κ2) is 15.4. The van der Waals surface area contributed by atoms with Crippen LogP contribution in [0.3, 0.4) is 0 Å². The monoisotopic (exact) mass is 748 g/mol. The van der Waals surface area contributed by atoms with Gasteiger partial charge in [0, 0.05) is 52.3 Å². The number of hydrogen-bond donors (Lipinski definition) is 0. The second-order valence-electron chi connectivity index (χ2n) is 15.1. The topological polar surface area (TPSA) is 98.5 Å². The molecular formula is C48H45ClN2O4. The van der Waals surface area contributed by atoms with Gasteiger partial charge in [0.05, 0.1) is 5.41 Å². The van der Waals surface area contributed by atoms with Crippen LogP contribution in [0.2, 0.25) is 0 Å². The van der Waals surface area contributed by atoms with Crippen molar-refractivity contribution in [1.82, 2.24) is 4.58 Å². The molecular weight excluding hydrogens is 704 g/mol. The fourth-order valence-electron chi connectivity index (χ4n) is 8.36. The van der Waals surface area contributed by atoms with Crippen LogP contribution < -0.4 is 28.1 Å². The van der Waals surface area contributed by atoms with Crippen molar-refractivity contribution in [1.29, 1.82) is 0 Å². The molecule has 2 heterocycles. The van der Waals surface area contributed by atoms with Crippen LogP contribution in [0.5, 0.6) is 0 Å². The van der Waals surface area contributed by atoms with Crippen molar-refractivity contribution in [2.24, 2.45) is 0 Å². The molecule has 5 aromatic rings. The minimum Gasteiger partial charge on any atom is -0.313 e. The van der Waals surface area contributed by atoms with Crippen molar-refractivity contribution < 1.29 is 28.9 Å². The summed E-state index contributed by atoms with van der Waals surface area (Å²) in [6.45, 7) is 9.44. The van der Waals surface area contributed by atoms with E-state index < -0.39 is 10.2 Å². The average Bonchev–Trinajstić information content (AvgIpc) is 3.55. The average molecular weight is 749 g/mol. The van der Waals surface area contributed by atoms with Gasteiger partial charge in [-0.3, -0.25) is 0 Å². The number of fused-ring (bicyclic) bond motifs is 2. The van der Waals surface area contributed by atoms with Gasteiger partial charge in [-0.15, -0.1) is 10.2 Å². The highest BCUT2D eigenvalue weighted by atomic mass is 35.7. The standard InChI is InChI=1S/C48H45N2.ClHO4/c1-47(2)40-27-14-16-29-42(40)49(38-23-10-6-11-24-38)44(47)33-31-36-21-18-22-37(46(36)35-19-8-5-9-20-35)32-34-45-48(3,4)41-28-15-17-30-43(41)50(45)39-25-12-7-13-26-39;2-1(3,4)5/h5-17,19-20,23-34H,18,21-22H2,1-4H3;(H,2,3,4,5)/q+1;/p-1. The molecule has 0 saturated heterocycles. The van der Waals surface area contributed by atoms with E-state index in [0.717, 1.165) is 19.3 Å². The number of anilines is 2. The summed E-state index contributed by atoms with van der Waals surface area (Å²) in [5.74, 6) is 0. The van der Waals surface area contributed by atoms with E-state index in [0.29, 0.717) is 0 Å². The smallest absolute Gasteiger partial charge is 0.215 e. The van der Waals surface area contributed by atoms with Gasteiger partial charge in [0.2, 0.25) is 11.4 Å². The molecule has 0 fully saturated rings. The molecule has 0 spiro atoms. The normalized spacial score (nSPS) is 18.8. The molecule has 6 nitrogen and oxygen atoms in total. The maximum Gasteiger partial charge on any atom is 0.215 e. The van der Waals surface area contributed by atoms with E-state index in [-0.39, 0.29) is 10.8 Å². The third-order valence-corrected chi connectivity index (χ3v) is 10.9. The predicted molar refractivity (Wildman–Crippen MR) is 213 cm³/mol. The Hall–Kier alpha value is -5.34. The van der Waals surface area contributed by atoms with E-state index in [2.05, 4.69) is 201 Å². The van der Waals surface area contributed by atoms with Gasteiger partial charge in [-0.05, 0) is 85.2 Å². The van der Waals surface area contributed by atoms with Crippen molar-refractivity contribution in [3.8, 4) is 0 Å². The van der Waals surface area contributed by atoms with E-state index in [4.69, 9.17) is 18.6 Å². The molecule has 0 atom stereocenters. The summed E-state index contributed by atoms with van der Waals surface area (Å²) in [7, 11) is -4.94. The van der Waals surface area contributed by atoms with Gasteiger partial charge in [0.25, 0.3) is 0 Å². The zero-order valence-corrected chi connectivity index (χ0v) is 32.4. The molecule has 0 aromatic heterocycles. The molecule has 2 aliphatic heterocycles. The van der Waals surface area contributed by atoms with Crippen LogP contribution in [0, 0.1) is 10.2 Å². The summed E-state index contributed by atoms with van der Waals surface area (Å²) >= 11 is 0. The Morgan fingerprint density at radius 1 is 0.600 bits per heavy atom. The van der Waals surface area contributed by atoms with Crippen molar-refractivity contribution in [2.75, 3.05) is 4.90 Å². The van der Waals surface area contributed by atoms with Crippen molar-refractivity contribution in [2.45, 2.75) is 57.8 Å². The Morgan fingerprint density at radius 3 is 1.84 bits per heavy atom. The molecule has 0 N–H and O–H groups in total. The number of rotatable bonds is 6. The van der Waals surface area contributed by atoms with E-state index in [1.54, 1.807) is 0 Å². The second-order valence-corrected chi connectivity index (χ2v) is 15.8. The largest absolute Gasteiger partial charge is 0.313 e. The highest BCUT2D eigenvalue weighted by Gasteiger charge is 2.45. The molecule has 0 amide bonds. The SMILES string of the molecule is CC1(C)C(=CC=C2CCCC(C=CC3=[N+](c4ccccc4)c4ccccc4C3(C)C)=C2c2ccccc2)N(c2ccccc2)c2ccccc21.[O-][Cl+3]([O-])([O-])[O-]. The summed E-state index contributed by atoms with van der Waals surface area (Å²) in [6.07, 6.45) is 12.9. The highest BCUT2D eigenvalue weighted by molar-refractivity contribution is 6.10. The van der Waals surface area contributed by atoms with Gasteiger partial charge in [-0.25, -0.2) is 18.6 Å². The van der Waals surface area contributed by atoms with Crippen LogP contribution in [0.4, 0.5) is 22.7 Å². The zero-order valence-electron chi connectivity index (χ0n) is 31.6. The Labute approximate surface area is 326 Å². The van der Waals surface area contributed by atoms with Crippen molar-refractivity contribution in [3.05, 3.63) is 197 Å². The summed E-state index contributed by atoms with van der Waals surface area (Å²) in [6, 6.07) is 50.4. The number of nitrogens with zero attached hydrogens (tertiary/aromatic N) is 2. The quantitative estimate of drug-likeness (QED) is 0.166. The van der Waals surface area contributed by atoms with Gasteiger partial charge in [-0.1, -0.05) is 129 Å². The molecule has 5 aromatic carbocycles. The molecule has 0 saturated carbocycles. The molecule has 0 bridgehead atoms. The first-order valence-corrected chi connectivity index (χ1v) is 19.9. The van der Waals surface area contributed by atoms with Crippen LogP contribution in [-0.2, 0) is 10.8 Å². The van der Waals surface area contributed by atoms with E-state index in [9.17, 15) is 0 Å². The van der Waals surface area contributed by atoms with Gasteiger partial charge >= 0.3 is 0 Å². The van der Waals surface area contributed by atoms with E-state index >= 15 is 0 Å². The fraction of sp³-hybridized carbons (Fsp3) is 0.188. The third-order valence-electron chi connectivity index (χ3n) is 10.9. The Bertz CT molecular complexity index is 2330. The number of para-hydroxylation sites is 4. The molecule has 0 radical (unpaired) electrons. The summed E-state index contributed by atoms with van der Waals surface area (Å²) in [5, 5.41) is 0. The number of halogens is 1.